The number of carbonyl (C=O) groups excluding carboxylic acids is 2. The molecule has 1 atom stereocenters. The van der Waals surface area contributed by atoms with Crippen molar-refractivity contribution in [3.63, 3.8) is 0 Å². The molecule has 1 rings (SSSR count). The Bertz CT molecular complexity index is 237. The maximum atomic E-state index is 11.4. The second-order valence-electron chi connectivity index (χ2n) is 3.67. The Kier molecular flexibility index (Phi) is 8.40. The fourth-order valence-corrected chi connectivity index (χ4v) is 1.79. The molecule has 1 fully saturated rings. The molecule has 1 heterocycles. The minimum atomic E-state index is -0.554. The first-order valence-electron chi connectivity index (χ1n) is 6.08. The molecule has 0 aromatic rings. The summed E-state index contributed by atoms with van der Waals surface area (Å²) in [6, 6.07) is -0.443. The van der Waals surface area contributed by atoms with Gasteiger partial charge in [0.15, 0.2) is 5.78 Å². The Balaban J connectivity index is 0.00000121. The summed E-state index contributed by atoms with van der Waals surface area (Å²) < 4.78 is 9.69. The molecular weight excluding hydrogens is 222 g/mol. The first-order valence-corrected chi connectivity index (χ1v) is 6.08. The van der Waals surface area contributed by atoms with Crippen molar-refractivity contribution in [1.82, 2.24) is 5.32 Å². The summed E-state index contributed by atoms with van der Waals surface area (Å²) in [4.78, 5) is 22.4. The maximum Gasteiger partial charge on any atom is 0.407 e. The van der Waals surface area contributed by atoms with E-state index >= 15 is 0 Å². The largest absolute Gasteiger partial charge is 0.453 e. The molecule has 0 saturated carbocycles. The number of ether oxygens (including phenoxy) is 2. The summed E-state index contributed by atoms with van der Waals surface area (Å²) in [5, 5.41) is 2.57. The van der Waals surface area contributed by atoms with Crippen molar-refractivity contribution in [3.8, 4) is 0 Å². The van der Waals surface area contributed by atoms with Crippen LogP contribution < -0.4 is 5.32 Å². The average molecular weight is 245 g/mol. The predicted octanol–water partition coefficient (Wildman–Crippen LogP) is 1.75. The van der Waals surface area contributed by atoms with Gasteiger partial charge in [-0.3, -0.25) is 4.79 Å². The highest BCUT2D eigenvalue weighted by molar-refractivity contribution is 5.85. The Morgan fingerprint density at radius 3 is 2.24 bits per heavy atom. The van der Waals surface area contributed by atoms with Gasteiger partial charge in [-0.05, 0) is 25.7 Å². The highest BCUT2D eigenvalue weighted by atomic mass is 16.5. The minimum Gasteiger partial charge on any atom is -0.453 e. The Hall–Kier alpha value is -1.10. The fraction of sp³-hybridized carbons (Fsp3) is 0.833. The van der Waals surface area contributed by atoms with Gasteiger partial charge in [0, 0.05) is 13.2 Å². The third-order valence-corrected chi connectivity index (χ3v) is 2.63. The highest BCUT2D eigenvalue weighted by Crippen LogP contribution is 2.19. The number of Topliss-reactive ketones (excluding diaryl/α,β-unsaturated/α-hetero) is 1. The van der Waals surface area contributed by atoms with Crippen molar-refractivity contribution in [2.45, 2.75) is 39.7 Å². The van der Waals surface area contributed by atoms with Crippen LogP contribution in [0.3, 0.4) is 0 Å². The van der Waals surface area contributed by atoms with Crippen LogP contribution in [0.4, 0.5) is 4.79 Å². The van der Waals surface area contributed by atoms with E-state index in [-0.39, 0.29) is 11.7 Å². The van der Waals surface area contributed by atoms with E-state index in [1.165, 1.54) is 14.0 Å². The van der Waals surface area contributed by atoms with E-state index in [0.29, 0.717) is 13.2 Å². The Morgan fingerprint density at radius 1 is 1.29 bits per heavy atom. The molecule has 100 valence electrons. The molecule has 1 saturated heterocycles. The third kappa shape index (κ3) is 5.68. The number of ketones is 1. The topological polar surface area (TPSA) is 64.6 Å². The fourth-order valence-electron chi connectivity index (χ4n) is 1.79. The van der Waals surface area contributed by atoms with E-state index in [4.69, 9.17) is 4.74 Å². The molecule has 17 heavy (non-hydrogen) atoms. The number of nitrogens with one attached hydrogen (secondary N) is 1. The summed E-state index contributed by atoms with van der Waals surface area (Å²) in [5.74, 6) is 0.127. The summed E-state index contributed by atoms with van der Waals surface area (Å²) in [6.45, 7) is 6.78. The molecule has 1 N–H and O–H groups in total. The summed E-state index contributed by atoms with van der Waals surface area (Å²) >= 11 is 0. The van der Waals surface area contributed by atoms with Crippen LogP contribution in [0.25, 0.3) is 0 Å². The normalized spacial score (nSPS) is 17.4. The maximum absolute atomic E-state index is 11.4. The van der Waals surface area contributed by atoms with E-state index in [9.17, 15) is 9.59 Å². The summed E-state index contributed by atoms with van der Waals surface area (Å²) in [5.41, 5.74) is 0. The molecule has 5 heteroatoms. The molecule has 0 aliphatic carbocycles. The molecule has 1 aliphatic rings. The van der Waals surface area contributed by atoms with Crippen LogP contribution in [-0.2, 0) is 14.3 Å². The molecule has 1 aliphatic heterocycles. The van der Waals surface area contributed by atoms with Crippen molar-refractivity contribution in [2.75, 3.05) is 20.3 Å². The zero-order chi connectivity index (χ0) is 13.3. The van der Waals surface area contributed by atoms with Gasteiger partial charge in [0.05, 0.1) is 13.2 Å². The van der Waals surface area contributed by atoms with Crippen LogP contribution in [0.2, 0.25) is 0 Å². The van der Waals surface area contributed by atoms with Crippen LogP contribution in [-0.4, -0.2) is 38.2 Å². The minimum absolute atomic E-state index is 0.0349. The van der Waals surface area contributed by atoms with Gasteiger partial charge in [0.2, 0.25) is 0 Å². The van der Waals surface area contributed by atoms with Gasteiger partial charge in [-0.15, -0.1) is 0 Å². The number of hydrogen-bond acceptors (Lipinski definition) is 4. The van der Waals surface area contributed by atoms with Crippen molar-refractivity contribution >= 4 is 11.9 Å². The highest BCUT2D eigenvalue weighted by Gasteiger charge is 2.28. The quantitative estimate of drug-likeness (QED) is 0.822. The second-order valence-corrected chi connectivity index (χ2v) is 3.67. The van der Waals surface area contributed by atoms with Crippen LogP contribution in [0.15, 0.2) is 0 Å². The number of alkyl carbamates (subject to hydrolysis) is 1. The molecule has 0 bridgehead atoms. The van der Waals surface area contributed by atoms with Gasteiger partial charge < -0.3 is 14.8 Å². The van der Waals surface area contributed by atoms with E-state index < -0.39 is 12.1 Å². The molecule has 0 radical (unpaired) electrons. The number of methoxy groups -OCH3 is 1. The van der Waals surface area contributed by atoms with Crippen LogP contribution in [0, 0.1) is 5.92 Å². The van der Waals surface area contributed by atoms with Crippen molar-refractivity contribution in [1.29, 1.82) is 0 Å². The predicted molar refractivity (Wildman–Crippen MR) is 64.9 cm³/mol. The van der Waals surface area contributed by atoms with Gasteiger partial charge in [-0.25, -0.2) is 4.79 Å². The zero-order valence-electron chi connectivity index (χ0n) is 11.1. The van der Waals surface area contributed by atoms with Crippen LogP contribution in [0.5, 0.6) is 0 Å². The van der Waals surface area contributed by atoms with Crippen LogP contribution in [0.1, 0.15) is 33.6 Å². The van der Waals surface area contributed by atoms with Gasteiger partial charge in [0.25, 0.3) is 0 Å². The lowest BCUT2D eigenvalue weighted by molar-refractivity contribution is -0.121. The third-order valence-electron chi connectivity index (χ3n) is 2.63. The van der Waals surface area contributed by atoms with E-state index in [1.54, 1.807) is 0 Å². The lowest BCUT2D eigenvalue weighted by Crippen LogP contribution is -2.46. The lowest BCUT2D eigenvalue weighted by Gasteiger charge is -2.28. The molecule has 5 nitrogen and oxygen atoms in total. The number of amides is 1. The van der Waals surface area contributed by atoms with Gasteiger partial charge in [-0.1, -0.05) is 13.8 Å². The number of rotatable bonds is 3. The smallest absolute Gasteiger partial charge is 0.407 e. The molecule has 1 amide bonds. The first kappa shape index (κ1) is 15.9. The Morgan fingerprint density at radius 2 is 1.82 bits per heavy atom. The van der Waals surface area contributed by atoms with E-state index in [1.807, 2.05) is 13.8 Å². The van der Waals surface area contributed by atoms with Crippen molar-refractivity contribution in [2.24, 2.45) is 5.92 Å². The summed E-state index contributed by atoms with van der Waals surface area (Å²) in [6.07, 6.45) is 1.05. The van der Waals surface area contributed by atoms with Gasteiger partial charge in [0.1, 0.15) is 0 Å². The molecule has 0 aromatic carbocycles. The number of carbonyl (C=O) groups is 2. The van der Waals surface area contributed by atoms with Gasteiger partial charge >= 0.3 is 6.09 Å². The Labute approximate surface area is 103 Å². The first-order chi connectivity index (χ1) is 8.15. The average Bonchev–Trinajstić information content (AvgIpc) is 2.38. The van der Waals surface area contributed by atoms with Crippen molar-refractivity contribution < 1.29 is 19.1 Å². The SMILES string of the molecule is CC.COC(=O)NC(C(C)=O)C1CCOCC1. The van der Waals surface area contributed by atoms with E-state index in [0.717, 1.165) is 12.8 Å². The molecule has 1 unspecified atom stereocenters. The van der Waals surface area contributed by atoms with E-state index in [2.05, 4.69) is 10.1 Å². The van der Waals surface area contributed by atoms with Crippen molar-refractivity contribution in [3.05, 3.63) is 0 Å². The monoisotopic (exact) mass is 245 g/mol. The van der Waals surface area contributed by atoms with Gasteiger partial charge in [-0.2, -0.15) is 0 Å². The van der Waals surface area contributed by atoms with Crippen LogP contribution >= 0.6 is 0 Å². The molecule has 0 spiro atoms. The molecular formula is C12H23NO4. The number of hydrogen-bond donors (Lipinski definition) is 1. The standard InChI is InChI=1S/C10H17NO4.C2H6/c1-7(12)9(11-10(13)14-2)8-3-5-15-6-4-8;1-2/h8-9H,3-6H2,1-2H3,(H,11,13);1-2H3. The molecule has 0 aromatic heterocycles. The lowest BCUT2D eigenvalue weighted by atomic mass is 9.89. The second kappa shape index (κ2) is 8.98. The zero-order valence-corrected chi connectivity index (χ0v) is 11.1. The summed E-state index contributed by atoms with van der Waals surface area (Å²) in [7, 11) is 1.29.